The molecule has 1 aliphatic rings. The number of benzene rings is 2. The maximum atomic E-state index is 14.8. The molecule has 30 heavy (non-hydrogen) atoms. The fourth-order valence-corrected chi connectivity index (χ4v) is 4.28. The Balaban J connectivity index is 1.53. The molecular formula is C23H26F2N4O. The number of nitrogens with zero attached hydrogens (tertiary/aromatic N) is 3. The summed E-state index contributed by atoms with van der Waals surface area (Å²) in [6.07, 6.45) is 2.49. The molecule has 0 radical (unpaired) electrons. The average molecular weight is 412 g/mol. The summed E-state index contributed by atoms with van der Waals surface area (Å²) in [5.74, 6) is -0.805. The molecule has 0 saturated carbocycles. The first kappa shape index (κ1) is 20.3. The van der Waals surface area contributed by atoms with Gasteiger partial charge >= 0.3 is 0 Å². The molecule has 1 saturated heterocycles. The van der Waals surface area contributed by atoms with Crippen LogP contribution in [0.5, 0.6) is 5.88 Å². The normalized spacial score (nSPS) is 17.1. The summed E-state index contributed by atoms with van der Waals surface area (Å²) in [4.78, 5) is 11.5. The fraction of sp³-hybridized carbons (Fsp3) is 0.348. The van der Waals surface area contributed by atoms with E-state index in [1.807, 2.05) is 0 Å². The van der Waals surface area contributed by atoms with Crippen molar-refractivity contribution in [3.05, 3.63) is 53.6 Å². The van der Waals surface area contributed by atoms with Crippen molar-refractivity contribution in [3.63, 3.8) is 0 Å². The highest BCUT2D eigenvalue weighted by Gasteiger charge is 2.27. The number of aromatic hydroxyl groups is 1. The predicted octanol–water partition coefficient (Wildman–Crippen LogP) is 4.82. The van der Waals surface area contributed by atoms with Crippen molar-refractivity contribution in [1.29, 1.82) is 0 Å². The molecule has 1 aromatic heterocycles. The summed E-state index contributed by atoms with van der Waals surface area (Å²) in [6.45, 7) is 7.96. The van der Waals surface area contributed by atoms with Gasteiger partial charge in [-0.3, -0.25) is 9.89 Å². The second-order valence-corrected chi connectivity index (χ2v) is 7.58. The number of anilines is 1. The van der Waals surface area contributed by atoms with Crippen LogP contribution in [0.3, 0.4) is 0 Å². The molecule has 0 spiro atoms. The molecule has 0 aliphatic carbocycles. The van der Waals surface area contributed by atoms with Gasteiger partial charge in [0.05, 0.1) is 22.5 Å². The van der Waals surface area contributed by atoms with E-state index >= 15 is 0 Å². The Morgan fingerprint density at radius 1 is 1.20 bits per heavy atom. The largest absolute Gasteiger partial charge is 0.494 e. The number of aliphatic imine (C=N–C) groups is 1. The number of aromatic nitrogens is 1. The molecule has 0 amide bonds. The third kappa shape index (κ3) is 3.89. The van der Waals surface area contributed by atoms with Gasteiger partial charge in [-0.25, -0.2) is 8.78 Å². The van der Waals surface area contributed by atoms with Crippen LogP contribution < -0.4 is 4.90 Å². The number of hydrogen-bond acceptors (Lipinski definition) is 4. The van der Waals surface area contributed by atoms with Gasteiger partial charge in [0.2, 0.25) is 0 Å². The SMILES string of the molecule is CCN(CC)C1CCN(c2ccc(N=Cc3c(O)[nH]c4cc(F)ccc34)cc2F)C1. The molecule has 1 aliphatic heterocycles. The average Bonchev–Trinajstić information content (AvgIpc) is 3.31. The lowest BCUT2D eigenvalue weighted by atomic mass is 10.2. The summed E-state index contributed by atoms with van der Waals surface area (Å²) >= 11 is 0. The van der Waals surface area contributed by atoms with E-state index in [1.54, 1.807) is 18.2 Å². The van der Waals surface area contributed by atoms with Gasteiger partial charge in [0.15, 0.2) is 5.88 Å². The Hall–Kier alpha value is -2.93. The molecule has 5 nitrogen and oxygen atoms in total. The molecule has 4 rings (SSSR count). The van der Waals surface area contributed by atoms with Crippen LogP contribution in [0.1, 0.15) is 25.8 Å². The number of aromatic amines is 1. The number of nitrogens with one attached hydrogen (secondary N) is 1. The third-order valence-corrected chi connectivity index (χ3v) is 5.89. The lowest BCUT2D eigenvalue weighted by Crippen LogP contribution is -2.37. The molecule has 2 N–H and O–H groups in total. The van der Waals surface area contributed by atoms with Crippen LogP contribution in [0.25, 0.3) is 10.9 Å². The topological polar surface area (TPSA) is 54.9 Å². The summed E-state index contributed by atoms with van der Waals surface area (Å²) in [6, 6.07) is 9.59. The highest BCUT2D eigenvalue weighted by molar-refractivity contribution is 6.02. The predicted molar refractivity (Wildman–Crippen MR) is 117 cm³/mol. The summed E-state index contributed by atoms with van der Waals surface area (Å²) in [5, 5.41) is 10.7. The van der Waals surface area contributed by atoms with Crippen molar-refractivity contribution in [2.45, 2.75) is 26.3 Å². The first-order chi connectivity index (χ1) is 14.5. The van der Waals surface area contributed by atoms with E-state index in [2.05, 4.69) is 33.6 Å². The van der Waals surface area contributed by atoms with Gasteiger partial charge in [-0.1, -0.05) is 13.8 Å². The molecular weight excluding hydrogens is 386 g/mol. The van der Waals surface area contributed by atoms with Gasteiger partial charge in [0.1, 0.15) is 11.6 Å². The lowest BCUT2D eigenvalue weighted by molar-refractivity contribution is 0.232. The molecule has 1 unspecified atom stereocenters. The van der Waals surface area contributed by atoms with Gasteiger partial charge in [0, 0.05) is 36.8 Å². The Morgan fingerprint density at radius 2 is 2.00 bits per heavy atom. The van der Waals surface area contributed by atoms with Crippen LogP contribution in [-0.4, -0.2) is 53.4 Å². The van der Waals surface area contributed by atoms with E-state index < -0.39 is 5.82 Å². The van der Waals surface area contributed by atoms with Crippen LogP contribution in [0.2, 0.25) is 0 Å². The minimum absolute atomic E-state index is 0.101. The van der Waals surface area contributed by atoms with E-state index in [-0.39, 0.29) is 11.7 Å². The Morgan fingerprint density at radius 3 is 2.73 bits per heavy atom. The van der Waals surface area contributed by atoms with Crippen LogP contribution in [0.4, 0.5) is 20.2 Å². The van der Waals surface area contributed by atoms with Gasteiger partial charge in [-0.2, -0.15) is 0 Å². The van der Waals surface area contributed by atoms with Crippen molar-refractivity contribution in [1.82, 2.24) is 9.88 Å². The number of fused-ring (bicyclic) bond motifs is 1. The maximum Gasteiger partial charge on any atom is 0.198 e. The summed E-state index contributed by atoms with van der Waals surface area (Å²) in [5.41, 5.74) is 1.96. The molecule has 2 aromatic carbocycles. The summed E-state index contributed by atoms with van der Waals surface area (Å²) in [7, 11) is 0. The number of rotatable bonds is 6. The van der Waals surface area contributed by atoms with Gasteiger partial charge in [0.25, 0.3) is 0 Å². The minimum Gasteiger partial charge on any atom is -0.494 e. The molecule has 158 valence electrons. The second kappa shape index (κ2) is 8.44. The monoisotopic (exact) mass is 412 g/mol. The second-order valence-electron chi connectivity index (χ2n) is 7.58. The Labute approximate surface area is 174 Å². The number of H-pyrrole nitrogens is 1. The first-order valence-electron chi connectivity index (χ1n) is 10.3. The van der Waals surface area contributed by atoms with Gasteiger partial charge in [-0.15, -0.1) is 0 Å². The highest BCUT2D eigenvalue weighted by Crippen LogP contribution is 2.30. The smallest absolute Gasteiger partial charge is 0.198 e. The van der Waals surface area contributed by atoms with Gasteiger partial charge in [-0.05, 0) is 49.8 Å². The number of hydrogen-bond donors (Lipinski definition) is 2. The van der Waals surface area contributed by atoms with E-state index in [0.29, 0.717) is 33.9 Å². The number of halogens is 2. The zero-order chi connectivity index (χ0) is 21.3. The zero-order valence-corrected chi connectivity index (χ0v) is 17.2. The van der Waals surface area contributed by atoms with Crippen molar-refractivity contribution in [2.24, 2.45) is 4.99 Å². The molecule has 3 aromatic rings. The van der Waals surface area contributed by atoms with E-state index in [0.717, 1.165) is 32.6 Å². The van der Waals surface area contributed by atoms with Crippen LogP contribution in [0.15, 0.2) is 41.4 Å². The van der Waals surface area contributed by atoms with Crippen LogP contribution in [0, 0.1) is 11.6 Å². The Bertz CT molecular complexity index is 1070. The van der Waals surface area contributed by atoms with Crippen LogP contribution >= 0.6 is 0 Å². The molecule has 1 fully saturated rings. The third-order valence-electron chi connectivity index (χ3n) is 5.89. The Kier molecular flexibility index (Phi) is 5.72. The number of likely N-dealkylation sites (N-methyl/N-ethyl adjacent to an activating group) is 1. The van der Waals surface area contributed by atoms with E-state index in [4.69, 9.17) is 0 Å². The van der Waals surface area contributed by atoms with Crippen molar-refractivity contribution < 1.29 is 13.9 Å². The van der Waals surface area contributed by atoms with Crippen molar-refractivity contribution in [3.8, 4) is 5.88 Å². The van der Waals surface area contributed by atoms with Crippen LogP contribution in [-0.2, 0) is 0 Å². The highest BCUT2D eigenvalue weighted by atomic mass is 19.1. The van der Waals surface area contributed by atoms with E-state index in [1.165, 1.54) is 24.4 Å². The quantitative estimate of drug-likeness (QED) is 0.571. The molecule has 7 heteroatoms. The van der Waals surface area contributed by atoms with E-state index in [9.17, 15) is 13.9 Å². The lowest BCUT2D eigenvalue weighted by Gasteiger charge is -2.26. The molecule has 0 bridgehead atoms. The fourth-order valence-electron chi connectivity index (χ4n) is 4.28. The first-order valence-corrected chi connectivity index (χ1v) is 10.3. The zero-order valence-electron chi connectivity index (χ0n) is 17.2. The van der Waals surface area contributed by atoms with Crippen molar-refractivity contribution in [2.75, 3.05) is 31.1 Å². The molecule has 1 atom stereocenters. The maximum absolute atomic E-state index is 14.8. The van der Waals surface area contributed by atoms with Crippen molar-refractivity contribution >= 4 is 28.5 Å². The summed E-state index contributed by atoms with van der Waals surface area (Å²) < 4.78 is 28.2. The standard InChI is InChI=1S/C23H26F2N4O/c1-3-28(4-2)17-9-10-29(14-17)22-8-6-16(12-20(22)25)26-13-19-18-7-5-15(24)11-21(18)27-23(19)30/h5-8,11-13,17,27,30H,3-4,9-10,14H2,1-2H3. The molecule has 2 heterocycles. The van der Waals surface area contributed by atoms with Gasteiger partial charge < -0.3 is 15.0 Å². The minimum atomic E-state index is -0.393.